The molecule has 1 amide bonds. The van der Waals surface area contributed by atoms with E-state index in [0.29, 0.717) is 6.42 Å². The molecule has 1 aromatic heterocycles. The van der Waals surface area contributed by atoms with Crippen LogP contribution in [-0.4, -0.2) is 22.7 Å². The highest BCUT2D eigenvalue weighted by Gasteiger charge is 2.05. The number of carbonyl (C=O) groups is 1. The molecule has 21 heavy (non-hydrogen) atoms. The van der Waals surface area contributed by atoms with Gasteiger partial charge in [0, 0.05) is 38.1 Å². The van der Waals surface area contributed by atoms with Crippen molar-refractivity contribution in [3.8, 4) is 0 Å². The van der Waals surface area contributed by atoms with E-state index in [1.807, 2.05) is 42.2 Å². The summed E-state index contributed by atoms with van der Waals surface area (Å²) in [7, 11) is 3.59. The number of benzene rings is 1. The first kappa shape index (κ1) is 15.1. The summed E-state index contributed by atoms with van der Waals surface area (Å²) in [6, 6.07) is 7.95. The van der Waals surface area contributed by atoms with Gasteiger partial charge in [0.25, 0.3) is 0 Å². The van der Waals surface area contributed by atoms with Crippen LogP contribution in [0.2, 0.25) is 0 Å². The first-order chi connectivity index (χ1) is 10.1. The molecule has 2 aromatic rings. The van der Waals surface area contributed by atoms with Crippen LogP contribution in [0.5, 0.6) is 0 Å². The molecule has 1 aromatic carbocycles. The van der Waals surface area contributed by atoms with Crippen molar-refractivity contribution in [2.75, 3.05) is 12.4 Å². The van der Waals surface area contributed by atoms with Crippen LogP contribution in [0.25, 0.3) is 0 Å². The number of anilines is 1. The van der Waals surface area contributed by atoms with Gasteiger partial charge in [-0.05, 0) is 24.1 Å². The van der Waals surface area contributed by atoms with E-state index in [1.165, 1.54) is 5.56 Å². The summed E-state index contributed by atoms with van der Waals surface area (Å²) in [5, 5.41) is 10.4. The van der Waals surface area contributed by atoms with E-state index < -0.39 is 0 Å². The van der Waals surface area contributed by atoms with Gasteiger partial charge in [-0.3, -0.25) is 9.48 Å². The predicted molar refractivity (Wildman–Crippen MR) is 84.1 cm³/mol. The molecule has 0 atom stereocenters. The summed E-state index contributed by atoms with van der Waals surface area (Å²) in [6.07, 6.45) is 3.40. The van der Waals surface area contributed by atoms with Crippen molar-refractivity contribution < 1.29 is 4.79 Å². The van der Waals surface area contributed by atoms with Crippen LogP contribution in [0.3, 0.4) is 0 Å². The molecule has 112 valence electrons. The van der Waals surface area contributed by atoms with Crippen LogP contribution >= 0.6 is 0 Å². The number of nitrogens with zero attached hydrogens (tertiary/aromatic N) is 2. The molecule has 0 spiro atoms. The van der Waals surface area contributed by atoms with Gasteiger partial charge in [0.05, 0.1) is 12.1 Å². The molecule has 0 saturated heterocycles. The number of amides is 1. The van der Waals surface area contributed by atoms with Gasteiger partial charge in [0.1, 0.15) is 0 Å². The summed E-state index contributed by atoms with van der Waals surface area (Å²) in [5.41, 5.74) is 4.40. The fraction of sp³-hybridized carbons (Fsp3) is 0.375. The molecule has 5 nitrogen and oxygen atoms in total. The van der Waals surface area contributed by atoms with Crippen LogP contribution in [0.1, 0.15) is 23.7 Å². The van der Waals surface area contributed by atoms with Crippen molar-refractivity contribution in [3.63, 3.8) is 0 Å². The fourth-order valence-electron chi connectivity index (χ4n) is 2.24. The minimum atomic E-state index is 0.0265. The van der Waals surface area contributed by atoms with Crippen molar-refractivity contribution in [1.29, 1.82) is 0 Å². The third-order valence-corrected chi connectivity index (χ3v) is 3.41. The van der Waals surface area contributed by atoms with Crippen LogP contribution in [0.15, 0.2) is 30.5 Å². The molecule has 2 rings (SSSR count). The number of likely N-dealkylation sites (N-methyl/N-ethyl adjacent to an activating group) is 1. The molecule has 0 bridgehead atoms. The molecular weight excluding hydrogens is 264 g/mol. The lowest BCUT2D eigenvalue weighted by Gasteiger charge is -2.07. The van der Waals surface area contributed by atoms with Gasteiger partial charge >= 0.3 is 0 Å². The Bertz CT molecular complexity index is 601. The number of rotatable bonds is 6. The number of hydrogen-bond donors (Lipinski definition) is 2. The van der Waals surface area contributed by atoms with Gasteiger partial charge in [-0.2, -0.15) is 5.10 Å². The van der Waals surface area contributed by atoms with E-state index in [-0.39, 0.29) is 5.91 Å². The lowest BCUT2D eigenvalue weighted by molar-refractivity contribution is -0.119. The normalized spacial score (nSPS) is 10.4. The molecule has 0 radical (unpaired) electrons. The van der Waals surface area contributed by atoms with Crippen molar-refractivity contribution in [1.82, 2.24) is 15.1 Å². The highest BCUT2D eigenvalue weighted by atomic mass is 16.1. The summed E-state index contributed by atoms with van der Waals surface area (Å²) in [5.74, 6) is 0.0265. The lowest BCUT2D eigenvalue weighted by atomic mass is 10.1. The molecule has 0 fully saturated rings. The van der Waals surface area contributed by atoms with Crippen LogP contribution in [0.4, 0.5) is 5.69 Å². The maximum absolute atomic E-state index is 11.3. The maximum atomic E-state index is 11.3. The SMILES string of the molecule is CCc1nn(C)cc1CNc1ccc(CC(=O)NC)cc1. The van der Waals surface area contributed by atoms with Gasteiger partial charge in [0.2, 0.25) is 5.91 Å². The van der Waals surface area contributed by atoms with Crippen LogP contribution < -0.4 is 10.6 Å². The average Bonchev–Trinajstić information content (AvgIpc) is 2.86. The number of aryl methyl sites for hydroxylation is 2. The molecule has 2 N–H and O–H groups in total. The molecular formula is C16H22N4O. The summed E-state index contributed by atoms with van der Waals surface area (Å²) in [6.45, 7) is 2.87. The second-order valence-corrected chi connectivity index (χ2v) is 5.03. The Balaban J connectivity index is 1.95. The second-order valence-electron chi connectivity index (χ2n) is 5.03. The summed E-state index contributed by atoms with van der Waals surface area (Å²) in [4.78, 5) is 11.3. The van der Waals surface area contributed by atoms with Gasteiger partial charge in [-0.15, -0.1) is 0 Å². The van der Waals surface area contributed by atoms with Gasteiger partial charge in [0.15, 0.2) is 0 Å². The van der Waals surface area contributed by atoms with Crippen LogP contribution in [0, 0.1) is 0 Å². The largest absolute Gasteiger partial charge is 0.381 e. The van der Waals surface area contributed by atoms with E-state index in [2.05, 4.69) is 22.7 Å². The third kappa shape index (κ3) is 4.08. The van der Waals surface area contributed by atoms with Crippen molar-refractivity contribution in [2.45, 2.75) is 26.3 Å². The summed E-state index contributed by atoms with van der Waals surface area (Å²) >= 11 is 0. The highest BCUT2D eigenvalue weighted by Crippen LogP contribution is 2.13. The number of nitrogens with one attached hydrogen (secondary N) is 2. The van der Waals surface area contributed by atoms with Gasteiger partial charge in [-0.25, -0.2) is 0 Å². The topological polar surface area (TPSA) is 59.0 Å². The van der Waals surface area contributed by atoms with Crippen molar-refractivity contribution in [2.24, 2.45) is 7.05 Å². The van der Waals surface area contributed by atoms with E-state index in [1.54, 1.807) is 7.05 Å². The molecule has 0 aliphatic carbocycles. The third-order valence-electron chi connectivity index (χ3n) is 3.41. The Morgan fingerprint density at radius 3 is 2.62 bits per heavy atom. The van der Waals surface area contributed by atoms with Gasteiger partial charge < -0.3 is 10.6 Å². The molecule has 0 unspecified atom stereocenters. The Morgan fingerprint density at radius 1 is 1.29 bits per heavy atom. The smallest absolute Gasteiger partial charge is 0.224 e. The van der Waals surface area contributed by atoms with Gasteiger partial charge in [-0.1, -0.05) is 19.1 Å². The number of hydrogen-bond acceptors (Lipinski definition) is 3. The zero-order valence-electron chi connectivity index (χ0n) is 12.8. The average molecular weight is 286 g/mol. The van der Waals surface area contributed by atoms with E-state index in [9.17, 15) is 4.79 Å². The fourth-order valence-corrected chi connectivity index (χ4v) is 2.24. The number of aromatic nitrogens is 2. The van der Waals surface area contributed by atoms with Crippen molar-refractivity contribution >= 4 is 11.6 Å². The standard InChI is InChI=1S/C16H22N4O/c1-4-15-13(11-20(3)19-15)10-18-14-7-5-12(6-8-14)9-16(21)17-2/h5-8,11,18H,4,9-10H2,1-3H3,(H,17,21). The molecule has 0 saturated carbocycles. The first-order valence-electron chi connectivity index (χ1n) is 7.17. The Labute approximate surface area is 125 Å². The Kier molecular flexibility index (Phi) is 4.98. The first-order valence-corrected chi connectivity index (χ1v) is 7.17. The minimum absolute atomic E-state index is 0.0265. The lowest BCUT2D eigenvalue weighted by Crippen LogP contribution is -2.19. The monoisotopic (exact) mass is 286 g/mol. The quantitative estimate of drug-likeness (QED) is 0.852. The Hall–Kier alpha value is -2.30. The zero-order chi connectivity index (χ0) is 15.2. The highest BCUT2D eigenvalue weighted by molar-refractivity contribution is 5.78. The molecule has 5 heteroatoms. The molecule has 1 heterocycles. The van der Waals surface area contributed by atoms with Crippen LogP contribution in [-0.2, 0) is 31.2 Å². The Morgan fingerprint density at radius 2 is 2.00 bits per heavy atom. The second kappa shape index (κ2) is 6.92. The summed E-state index contributed by atoms with van der Waals surface area (Å²) < 4.78 is 1.85. The molecule has 0 aliphatic rings. The zero-order valence-corrected chi connectivity index (χ0v) is 12.8. The minimum Gasteiger partial charge on any atom is -0.381 e. The molecule has 0 aliphatic heterocycles. The maximum Gasteiger partial charge on any atom is 0.224 e. The van der Waals surface area contributed by atoms with E-state index in [4.69, 9.17) is 0 Å². The van der Waals surface area contributed by atoms with E-state index in [0.717, 1.165) is 29.9 Å². The van der Waals surface area contributed by atoms with E-state index >= 15 is 0 Å². The number of carbonyl (C=O) groups excluding carboxylic acids is 1. The van der Waals surface area contributed by atoms with Crippen molar-refractivity contribution in [3.05, 3.63) is 47.3 Å². The predicted octanol–water partition coefficient (Wildman–Crippen LogP) is 1.88.